The van der Waals surface area contributed by atoms with E-state index in [-0.39, 0.29) is 5.69 Å². The third-order valence-electron chi connectivity index (χ3n) is 2.43. The Hall–Kier alpha value is -1.03. The van der Waals surface area contributed by atoms with E-state index in [0.29, 0.717) is 17.6 Å². The topological polar surface area (TPSA) is 38.1 Å². The van der Waals surface area contributed by atoms with Gasteiger partial charge in [0, 0.05) is 19.6 Å². The maximum absolute atomic E-state index is 11.3. The number of anilines is 1. The smallest absolute Gasteiger partial charge is 0.349 e. The van der Waals surface area contributed by atoms with Crippen molar-refractivity contribution in [2.45, 2.75) is 19.5 Å². The van der Waals surface area contributed by atoms with E-state index in [2.05, 4.69) is 4.98 Å². The summed E-state index contributed by atoms with van der Waals surface area (Å²) in [5.41, 5.74) is -0.226. The number of halogens is 1. The molecule has 0 fully saturated rings. The number of likely N-dealkylation sites (N-methyl/N-ethyl adjacent to an activating group) is 1. The van der Waals surface area contributed by atoms with Crippen molar-refractivity contribution in [2.75, 3.05) is 11.9 Å². The predicted molar refractivity (Wildman–Crippen MR) is 51.4 cm³/mol. The molecule has 13 heavy (non-hydrogen) atoms. The molecule has 0 saturated carbocycles. The van der Waals surface area contributed by atoms with Crippen LogP contribution in [-0.4, -0.2) is 22.6 Å². The number of fused-ring (bicyclic) bond motifs is 1. The van der Waals surface area contributed by atoms with Crippen LogP contribution in [0, 0.1) is 0 Å². The van der Waals surface area contributed by atoms with Gasteiger partial charge in [0.2, 0.25) is 0 Å². The Labute approximate surface area is 80.8 Å². The largest absolute Gasteiger partial charge is 0.355 e. The van der Waals surface area contributed by atoms with Gasteiger partial charge < -0.3 is 4.90 Å². The molecule has 0 saturated heterocycles. The molecule has 0 N–H and O–H groups in total. The molecule has 2 heterocycles. The quantitative estimate of drug-likeness (QED) is 0.619. The van der Waals surface area contributed by atoms with Crippen molar-refractivity contribution >= 4 is 17.4 Å². The van der Waals surface area contributed by atoms with Gasteiger partial charge in [-0.15, -0.1) is 0 Å². The first-order valence-electron chi connectivity index (χ1n) is 4.09. The van der Waals surface area contributed by atoms with E-state index in [1.165, 1.54) is 6.20 Å². The van der Waals surface area contributed by atoms with Gasteiger partial charge in [-0.3, -0.25) is 4.57 Å². The van der Waals surface area contributed by atoms with Gasteiger partial charge in [-0.25, -0.2) is 4.79 Å². The molecule has 70 valence electrons. The molecular weight excluding hydrogens is 190 g/mol. The Morgan fingerprint density at radius 2 is 2.38 bits per heavy atom. The minimum Gasteiger partial charge on any atom is -0.355 e. The molecule has 0 aromatic carbocycles. The Morgan fingerprint density at radius 1 is 1.69 bits per heavy atom. The molecule has 0 spiro atoms. The summed E-state index contributed by atoms with van der Waals surface area (Å²) in [7, 11) is 1.93. The fraction of sp³-hybridized carbons (Fsp3) is 0.500. The molecule has 1 aromatic rings. The minimum atomic E-state index is -0.226. The summed E-state index contributed by atoms with van der Waals surface area (Å²) in [5, 5.41) is 0.534. The van der Waals surface area contributed by atoms with Crippen molar-refractivity contribution in [1.82, 2.24) is 9.55 Å². The molecule has 0 amide bonds. The molecule has 4 nitrogen and oxygen atoms in total. The van der Waals surface area contributed by atoms with Gasteiger partial charge in [-0.05, 0) is 6.92 Å². The average molecular weight is 200 g/mol. The first-order valence-corrected chi connectivity index (χ1v) is 4.47. The SMILES string of the molecule is CC1Cn2c(c(Cl)cnc2=O)N1C. The third kappa shape index (κ3) is 1.13. The van der Waals surface area contributed by atoms with Crippen molar-refractivity contribution in [1.29, 1.82) is 0 Å². The summed E-state index contributed by atoms with van der Waals surface area (Å²) in [6, 6.07) is 0.300. The van der Waals surface area contributed by atoms with Gasteiger partial charge in [0.1, 0.15) is 5.82 Å². The number of aromatic nitrogens is 2. The molecule has 2 rings (SSSR count). The fourth-order valence-corrected chi connectivity index (χ4v) is 1.86. The number of nitrogens with zero attached hydrogens (tertiary/aromatic N) is 3. The lowest BCUT2D eigenvalue weighted by molar-refractivity contribution is 0.632. The first kappa shape index (κ1) is 8.56. The molecule has 0 aliphatic carbocycles. The van der Waals surface area contributed by atoms with E-state index in [1.807, 2.05) is 18.9 Å². The van der Waals surface area contributed by atoms with Gasteiger partial charge in [0.15, 0.2) is 0 Å². The van der Waals surface area contributed by atoms with Crippen molar-refractivity contribution in [3.8, 4) is 0 Å². The molecule has 1 aliphatic rings. The van der Waals surface area contributed by atoms with Crippen molar-refractivity contribution < 1.29 is 0 Å². The molecule has 1 aromatic heterocycles. The molecule has 0 bridgehead atoms. The normalized spacial score (nSPS) is 20.5. The van der Waals surface area contributed by atoms with Crippen LogP contribution in [0.5, 0.6) is 0 Å². The Morgan fingerprint density at radius 3 is 3.00 bits per heavy atom. The molecule has 1 aliphatic heterocycles. The Kier molecular flexibility index (Phi) is 1.80. The minimum absolute atomic E-state index is 0.226. The van der Waals surface area contributed by atoms with Crippen LogP contribution in [0.25, 0.3) is 0 Å². The van der Waals surface area contributed by atoms with Crippen LogP contribution < -0.4 is 10.6 Å². The van der Waals surface area contributed by atoms with Gasteiger partial charge >= 0.3 is 5.69 Å². The zero-order chi connectivity index (χ0) is 9.59. The van der Waals surface area contributed by atoms with Crippen LogP contribution in [0.2, 0.25) is 5.02 Å². The van der Waals surface area contributed by atoms with Gasteiger partial charge in [0.05, 0.1) is 11.2 Å². The lowest BCUT2D eigenvalue weighted by atomic mass is 10.3. The van der Waals surface area contributed by atoms with E-state index >= 15 is 0 Å². The summed E-state index contributed by atoms with van der Waals surface area (Å²) >= 11 is 5.94. The highest BCUT2D eigenvalue weighted by Crippen LogP contribution is 2.28. The lowest BCUT2D eigenvalue weighted by Crippen LogP contribution is -2.24. The van der Waals surface area contributed by atoms with Crippen LogP contribution in [0.15, 0.2) is 11.0 Å². The maximum atomic E-state index is 11.3. The standard InChI is InChI=1S/C8H10ClN3O/c1-5-4-12-7(11(5)2)6(9)3-10-8(12)13/h3,5H,4H2,1-2H3. The van der Waals surface area contributed by atoms with Crippen molar-refractivity contribution in [2.24, 2.45) is 0 Å². The maximum Gasteiger partial charge on any atom is 0.349 e. The summed E-state index contributed by atoms with van der Waals surface area (Å²) < 4.78 is 1.60. The fourth-order valence-electron chi connectivity index (χ4n) is 1.58. The average Bonchev–Trinajstić information content (AvgIpc) is 2.38. The second kappa shape index (κ2) is 2.73. The second-order valence-corrected chi connectivity index (χ2v) is 3.69. The summed E-state index contributed by atoms with van der Waals surface area (Å²) in [6.07, 6.45) is 1.41. The molecule has 1 atom stereocenters. The van der Waals surface area contributed by atoms with Crippen molar-refractivity contribution in [3.05, 3.63) is 21.7 Å². The molecule has 5 heteroatoms. The van der Waals surface area contributed by atoms with E-state index < -0.39 is 0 Å². The third-order valence-corrected chi connectivity index (χ3v) is 2.70. The highest BCUT2D eigenvalue weighted by Gasteiger charge is 2.26. The molecule has 1 unspecified atom stereocenters. The van der Waals surface area contributed by atoms with Gasteiger partial charge in [-0.2, -0.15) is 4.98 Å². The predicted octanol–water partition coefficient (Wildman–Crippen LogP) is 0.735. The second-order valence-electron chi connectivity index (χ2n) is 3.28. The van der Waals surface area contributed by atoms with E-state index in [9.17, 15) is 4.79 Å². The van der Waals surface area contributed by atoms with Crippen LogP contribution >= 0.6 is 11.6 Å². The van der Waals surface area contributed by atoms with E-state index in [4.69, 9.17) is 11.6 Å². The van der Waals surface area contributed by atoms with Crippen LogP contribution in [0.3, 0.4) is 0 Å². The van der Waals surface area contributed by atoms with Crippen LogP contribution in [0.1, 0.15) is 6.92 Å². The zero-order valence-electron chi connectivity index (χ0n) is 7.49. The first-order chi connectivity index (χ1) is 6.11. The van der Waals surface area contributed by atoms with Crippen molar-refractivity contribution in [3.63, 3.8) is 0 Å². The number of hydrogen-bond donors (Lipinski definition) is 0. The van der Waals surface area contributed by atoms with E-state index in [1.54, 1.807) is 4.57 Å². The number of hydrogen-bond acceptors (Lipinski definition) is 3. The molecular formula is C8H10ClN3O. The highest BCUT2D eigenvalue weighted by atomic mass is 35.5. The van der Waals surface area contributed by atoms with E-state index in [0.717, 1.165) is 5.82 Å². The highest BCUT2D eigenvalue weighted by molar-refractivity contribution is 6.32. The summed E-state index contributed by atoms with van der Waals surface area (Å²) in [4.78, 5) is 17.0. The lowest BCUT2D eigenvalue weighted by Gasteiger charge is -2.16. The summed E-state index contributed by atoms with van der Waals surface area (Å²) in [5.74, 6) is 0.772. The summed E-state index contributed by atoms with van der Waals surface area (Å²) in [6.45, 7) is 2.71. The van der Waals surface area contributed by atoms with Gasteiger partial charge in [0.25, 0.3) is 0 Å². The Bertz CT molecular complexity index is 401. The van der Waals surface area contributed by atoms with Crippen LogP contribution in [0.4, 0.5) is 5.82 Å². The van der Waals surface area contributed by atoms with Crippen LogP contribution in [-0.2, 0) is 6.54 Å². The Balaban J connectivity index is 2.68. The number of rotatable bonds is 0. The monoisotopic (exact) mass is 199 g/mol. The zero-order valence-corrected chi connectivity index (χ0v) is 8.25. The molecule has 0 radical (unpaired) electrons. The van der Waals surface area contributed by atoms with Gasteiger partial charge in [-0.1, -0.05) is 11.6 Å².